The van der Waals surface area contributed by atoms with E-state index in [1.807, 2.05) is 6.92 Å². The van der Waals surface area contributed by atoms with Gasteiger partial charge in [0.05, 0.1) is 19.4 Å². The van der Waals surface area contributed by atoms with Gasteiger partial charge in [-0.3, -0.25) is 14.1 Å². The second kappa shape index (κ2) is 12.4. The minimum Gasteiger partial charge on any atom is -0.465 e. The summed E-state index contributed by atoms with van der Waals surface area (Å²) in [5.74, 6) is -1.49. The van der Waals surface area contributed by atoms with Crippen molar-refractivity contribution < 1.29 is 31.5 Å². The van der Waals surface area contributed by atoms with E-state index in [1.165, 1.54) is 0 Å². The first kappa shape index (κ1) is 23.1. The Labute approximate surface area is 148 Å². The molecule has 0 aliphatic carbocycles. The van der Waals surface area contributed by atoms with Crippen molar-refractivity contribution in [3.63, 3.8) is 0 Å². The van der Waals surface area contributed by atoms with Crippen molar-refractivity contribution in [2.45, 2.75) is 52.4 Å². The molecular weight excluding hydrogens is 311 g/mol. The van der Waals surface area contributed by atoms with Gasteiger partial charge in [0.15, 0.2) is 0 Å². The normalized spacial score (nSPS) is 12.1. The minimum absolute atomic E-state index is 0. The number of esters is 1. The molecule has 0 saturated carbocycles. The number of rotatable bonds is 10. The summed E-state index contributed by atoms with van der Waals surface area (Å²) in [5.41, 5.74) is 0. The molecule has 1 N–H and O–H groups in total. The van der Waals surface area contributed by atoms with Crippen LogP contribution in [0.25, 0.3) is 0 Å². The summed E-state index contributed by atoms with van der Waals surface area (Å²) in [7, 11) is -4.81. The summed E-state index contributed by atoms with van der Waals surface area (Å²) in [6.07, 6.45) is 3.29. The maximum absolute atomic E-state index is 11.4. The van der Waals surface area contributed by atoms with E-state index < -0.39 is 28.8 Å². The zero-order valence-electron chi connectivity index (χ0n) is 12.8. The molecule has 1 unspecified atom stereocenters. The van der Waals surface area contributed by atoms with Crippen molar-refractivity contribution >= 4 is 51.9 Å². The number of hydrogen-bond acceptors (Lipinski definition) is 6. The van der Waals surface area contributed by atoms with E-state index in [0.29, 0.717) is 12.5 Å². The summed E-state index contributed by atoms with van der Waals surface area (Å²) in [5, 5.41) is 0. The number of ether oxygens (including phenoxy) is 1. The van der Waals surface area contributed by atoms with Gasteiger partial charge in [-0.2, -0.15) is 8.42 Å². The van der Waals surface area contributed by atoms with Crippen LogP contribution in [-0.2, 0) is 28.9 Å². The van der Waals surface area contributed by atoms with Crippen LogP contribution in [0.15, 0.2) is 0 Å². The van der Waals surface area contributed by atoms with Crippen molar-refractivity contribution in [2.24, 2.45) is 5.92 Å². The first-order chi connectivity index (χ1) is 9.28. The maximum Gasteiger partial charge on any atom is 0.448 e. The Balaban J connectivity index is 0. The van der Waals surface area contributed by atoms with Gasteiger partial charge in [-0.1, -0.05) is 33.1 Å². The topological polar surface area (TPSA) is 107 Å². The van der Waals surface area contributed by atoms with Crippen LogP contribution in [0.3, 0.4) is 0 Å². The summed E-state index contributed by atoms with van der Waals surface area (Å²) in [6, 6.07) is 0. The Morgan fingerprint density at radius 1 is 1.14 bits per heavy atom. The second-order valence-electron chi connectivity index (χ2n) is 4.48. The SMILES string of the molecule is CCCCC(CC)COC(=O)CCC(=O)OS(=O)(=O)O.[Na]. The predicted molar refractivity (Wildman–Crippen MR) is 76.9 cm³/mol. The average molecular weight is 333 g/mol. The Hall–Kier alpha value is -0.150. The zero-order valence-corrected chi connectivity index (χ0v) is 15.6. The fourth-order valence-corrected chi connectivity index (χ4v) is 1.86. The molecule has 0 spiro atoms. The van der Waals surface area contributed by atoms with Gasteiger partial charge in [-0.15, -0.1) is 0 Å². The third-order valence-corrected chi connectivity index (χ3v) is 3.15. The van der Waals surface area contributed by atoms with Gasteiger partial charge in [0, 0.05) is 29.6 Å². The van der Waals surface area contributed by atoms with E-state index in [-0.39, 0.29) is 36.0 Å². The molecule has 0 aromatic rings. The molecule has 0 bridgehead atoms. The molecule has 0 aliphatic rings. The van der Waals surface area contributed by atoms with E-state index in [0.717, 1.165) is 25.7 Å². The van der Waals surface area contributed by atoms with Gasteiger partial charge in [0.25, 0.3) is 0 Å². The first-order valence-corrected chi connectivity index (χ1v) is 8.00. The van der Waals surface area contributed by atoms with Crippen LogP contribution in [0.1, 0.15) is 52.4 Å². The van der Waals surface area contributed by atoms with Crippen molar-refractivity contribution in [2.75, 3.05) is 6.61 Å². The van der Waals surface area contributed by atoms with Crippen LogP contribution in [0.2, 0.25) is 0 Å². The molecule has 0 saturated heterocycles. The van der Waals surface area contributed by atoms with Gasteiger partial charge in [-0.05, 0) is 12.3 Å². The molecule has 0 aliphatic heterocycles. The molecule has 0 rings (SSSR count). The first-order valence-electron chi connectivity index (χ1n) is 6.63. The maximum atomic E-state index is 11.4. The van der Waals surface area contributed by atoms with Crippen LogP contribution in [-0.4, -0.2) is 61.1 Å². The van der Waals surface area contributed by atoms with Crippen LogP contribution in [0.5, 0.6) is 0 Å². The van der Waals surface area contributed by atoms with Crippen LogP contribution in [0, 0.1) is 5.92 Å². The van der Waals surface area contributed by atoms with Crippen LogP contribution >= 0.6 is 0 Å². The van der Waals surface area contributed by atoms with E-state index >= 15 is 0 Å². The summed E-state index contributed by atoms with van der Waals surface area (Å²) in [4.78, 5) is 22.3. The van der Waals surface area contributed by atoms with Gasteiger partial charge in [0.2, 0.25) is 0 Å². The third-order valence-electron chi connectivity index (χ3n) is 2.75. The van der Waals surface area contributed by atoms with Crippen molar-refractivity contribution in [1.29, 1.82) is 0 Å². The molecule has 119 valence electrons. The molecule has 0 heterocycles. The summed E-state index contributed by atoms with van der Waals surface area (Å²) in [6.45, 7) is 4.39. The van der Waals surface area contributed by atoms with E-state index in [2.05, 4.69) is 11.1 Å². The van der Waals surface area contributed by atoms with Crippen molar-refractivity contribution in [3.8, 4) is 0 Å². The number of hydrogen-bond donors (Lipinski definition) is 1. The van der Waals surface area contributed by atoms with Gasteiger partial charge in [0.1, 0.15) is 0 Å². The largest absolute Gasteiger partial charge is 0.465 e. The molecule has 7 nitrogen and oxygen atoms in total. The van der Waals surface area contributed by atoms with Gasteiger partial charge < -0.3 is 8.92 Å². The van der Waals surface area contributed by atoms with E-state index in [4.69, 9.17) is 9.29 Å². The molecule has 0 aromatic heterocycles. The molecular formula is C12H22NaO7S. The molecule has 1 radical (unpaired) electrons. The molecule has 9 heteroatoms. The van der Waals surface area contributed by atoms with Gasteiger partial charge in [-0.25, -0.2) is 0 Å². The quantitative estimate of drug-likeness (QED) is 0.366. The molecule has 0 fully saturated rings. The minimum atomic E-state index is -4.81. The number of unbranched alkanes of at least 4 members (excludes halogenated alkanes) is 1. The Morgan fingerprint density at radius 3 is 2.19 bits per heavy atom. The van der Waals surface area contributed by atoms with Gasteiger partial charge >= 0.3 is 22.3 Å². The van der Waals surface area contributed by atoms with Crippen LogP contribution in [0.4, 0.5) is 0 Å². The smallest absolute Gasteiger partial charge is 0.448 e. The predicted octanol–water partition coefficient (Wildman–Crippen LogP) is 1.49. The van der Waals surface area contributed by atoms with E-state index in [1.54, 1.807) is 0 Å². The fraction of sp³-hybridized carbons (Fsp3) is 0.833. The summed E-state index contributed by atoms with van der Waals surface area (Å²) >= 11 is 0. The summed E-state index contributed by atoms with van der Waals surface area (Å²) < 4.78 is 37.4. The molecule has 0 aromatic carbocycles. The standard InChI is InChI=1S/C12H22O7S.Na/c1-3-5-6-10(4-2)9-18-11(13)7-8-12(14)19-20(15,16)17;/h10H,3-9H2,1-2H3,(H,15,16,17);. The fourth-order valence-electron chi connectivity index (χ4n) is 1.54. The molecule has 1 atom stereocenters. The Kier molecular flexibility index (Phi) is 13.7. The molecule has 0 amide bonds. The monoisotopic (exact) mass is 333 g/mol. The molecule has 21 heavy (non-hydrogen) atoms. The Bertz CT molecular complexity index is 408. The number of carbonyl (C=O) groups excluding carboxylic acids is 2. The number of carbonyl (C=O) groups is 2. The zero-order chi connectivity index (χ0) is 15.6. The average Bonchev–Trinajstić information content (AvgIpc) is 2.34. The third kappa shape index (κ3) is 14.5. The second-order valence-corrected chi connectivity index (χ2v) is 5.50. The van der Waals surface area contributed by atoms with Crippen molar-refractivity contribution in [1.82, 2.24) is 0 Å². The van der Waals surface area contributed by atoms with E-state index in [9.17, 15) is 18.0 Å². The Morgan fingerprint density at radius 2 is 1.71 bits per heavy atom. The van der Waals surface area contributed by atoms with Crippen LogP contribution < -0.4 is 0 Å². The van der Waals surface area contributed by atoms with Crippen molar-refractivity contribution in [3.05, 3.63) is 0 Å².